The summed E-state index contributed by atoms with van der Waals surface area (Å²) in [5, 5.41) is 12.9. The van der Waals surface area contributed by atoms with Gasteiger partial charge in [-0.3, -0.25) is 19.1 Å². The normalized spacial score (nSPS) is 12.3. The summed E-state index contributed by atoms with van der Waals surface area (Å²) in [6.45, 7) is 8.63. The van der Waals surface area contributed by atoms with E-state index < -0.39 is 0 Å². The summed E-state index contributed by atoms with van der Waals surface area (Å²) in [5.74, 6) is -0.0938. The molecule has 0 saturated carbocycles. The number of nitrogens with one attached hydrogen (secondary N) is 1. The van der Waals surface area contributed by atoms with Crippen molar-refractivity contribution in [2.75, 3.05) is 0 Å². The molecule has 0 aliphatic rings. The Kier molecular flexibility index (Phi) is 5.59. The van der Waals surface area contributed by atoms with Crippen molar-refractivity contribution < 1.29 is 4.79 Å². The molecule has 1 atom stereocenters. The van der Waals surface area contributed by atoms with Crippen LogP contribution in [0.3, 0.4) is 0 Å². The summed E-state index contributed by atoms with van der Waals surface area (Å²) < 4.78 is 3.77. The van der Waals surface area contributed by atoms with E-state index >= 15 is 0 Å². The van der Waals surface area contributed by atoms with E-state index in [1.807, 2.05) is 73.6 Å². The number of amides is 1. The number of rotatable bonds is 6. The Hall–Kier alpha value is -3.48. The second-order valence-corrected chi connectivity index (χ2v) is 8.16. The molecule has 0 aliphatic carbocycles. The van der Waals surface area contributed by atoms with E-state index in [4.69, 9.17) is 4.98 Å². The Labute approximate surface area is 182 Å². The van der Waals surface area contributed by atoms with Gasteiger partial charge in [0.25, 0.3) is 5.91 Å². The Morgan fingerprint density at radius 1 is 1.16 bits per heavy atom. The molecular formula is C24H28N6O. The molecule has 1 N–H and O–H groups in total. The van der Waals surface area contributed by atoms with E-state index in [2.05, 4.69) is 22.4 Å². The Morgan fingerprint density at radius 3 is 2.61 bits per heavy atom. The van der Waals surface area contributed by atoms with Crippen LogP contribution in [0.25, 0.3) is 10.9 Å². The topological polar surface area (TPSA) is 77.6 Å². The first-order valence-corrected chi connectivity index (χ1v) is 10.5. The minimum atomic E-state index is -0.0938. The number of aryl methyl sites for hydroxylation is 3. The average molecular weight is 417 g/mol. The van der Waals surface area contributed by atoms with Gasteiger partial charge < -0.3 is 5.32 Å². The highest BCUT2D eigenvalue weighted by Gasteiger charge is 2.18. The zero-order valence-corrected chi connectivity index (χ0v) is 18.7. The van der Waals surface area contributed by atoms with Crippen molar-refractivity contribution in [3.63, 3.8) is 0 Å². The molecule has 1 aromatic carbocycles. The van der Waals surface area contributed by atoms with Crippen LogP contribution in [0.15, 0.2) is 42.6 Å². The summed E-state index contributed by atoms with van der Waals surface area (Å²) in [4.78, 5) is 18.0. The SMILES string of the molecule is Cc1nn(C)c(C)c1C[C@@H](C)NC(=O)c1cc(Cn2nccc2C)nc2ccccc12. The molecular weight excluding hydrogens is 388 g/mol. The molecule has 0 aliphatic heterocycles. The van der Waals surface area contributed by atoms with Gasteiger partial charge in [0.2, 0.25) is 0 Å². The van der Waals surface area contributed by atoms with Gasteiger partial charge in [-0.1, -0.05) is 18.2 Å². The monoisotopic (exact) mass is 416 g/mol. The van der Waals surface area contributed by atoms with Crippen molar-refractivity contribution in [3.05, 3.63) is 76.5 Å². The average Bonchev–Trinajstić information content (AvgIpc) is 3.24. The quantitative estimate of drug-likeness (QED) is 0.522. The van der Waals surface area contributed by atoms with Crippen molar-refractivity contribution in [2.24, 2.45) is 7.05 Å². The predicted molar refractivity (Wildman–Crippen MR) is 121 cm³/mol. The molecule has 0 saturated heterocycles. The van der Waals surface area contributed by atoms with Gasteiger partial charge in [0.05, 0.1) is 29.0 Å². The molecule has 7 heteroatoms. The fourth-order valence-electron chi connectivity index (χ4n) is 3.99. The van der Waals surface area contributed by atoms with Gasteiger partial charge in [-0.15, -0.1) is 0 Å². The second kappa shape index (κ2) is 8.34. The lowest BCUT2D eigenvalue weighted by atomic mass is 10.0. The van der Waals surface area contributed by atoms with Crippen LogP contribution in [0.5, 0.6) is 0 Å². The van der Waals surface area contributed by atoms with Crippen molar-refractivity contribution in [1.82, 2.24) is 29.9 Å². The summed E-state index contributed by atoms with van der Waals surface area (Å²) in [6.07, 6.45) is 2.51. The summed E-state index contributed by atoms with van der Waals surface area (Å²) in [5.41, 5.74) is 6.62. The largest absolute Gasteiger partial charge is 0.349 e. The van der Waals surface area contributed by atoms with E-state index in [0.29, 0.717) is 12.1 Å². The molecule has 0 bridgehead atoms. The molecule has 31 heavy (non-hydrogen) atoms. The van der Waals surface area contributed by atoms with Crippen LogP contribution in [0.4, 0.5) is 0 Å². The molecule has 3 heterocycles. The molecule has 0 fully saturated rings. The van der Waals surface area contributed by atoms with E-state index in [9.17, 15) is 4.79 Å². The van der Waals surface area contributed by atoms with E-state index in [1.54, 1.807) is 6.20 Å². The maximum atomic E-state index is 13.3. The zero-order valence-electron chi connectivity index (χ0n) is 18.7. The fraction of sp³-hybridized carbons (Fsp3) is 0.333. The molecule has 0 radical (unpaired) electrons. The molecule has 160 valence electrons. The number of benzene rings is 1. The van der Waals surface area contributed by atoms with Gasteiger partial charge in [0.15, 0.2) is 0 Å². The van der Waals surface area contributed by atoms with Crippen LogP contribution in [0.2, 0.25) is 0 Å². The first kappa shape index (κ1) is 20.8. The van der Waals surface area contributed by atoms with E-state index in [-0.39, 0.29) is 11.9 Å². The molecule has 0 spiro atoms. The minimum absolute atomic E-state index is 0.0298. The van der Waals surface area contributed by atoms with Crippen LogP contribution in [-0.4, -0.2) is 36.5 Å². The van der Waals surface area contributed by atoms with Crippen molar-refractivity contribution >= 4 is 16.8 Å². The lowest BCUT2D eigenvalue weighted by molar-refractivity contribution is 0.0941. The summed E-state index contributed by atoms with van der Waals surface area (Å²) in [7, 11) is 1.95. The van der Waals surface area contributed by atoms with Crippen LogP contribution in [0, 0.1) is 20.8 Å². The number of pyridine rings is 1. The van der Waals surface area contributed by atoms with Gasteiger partial charge in [-0.25, -0.2) is 0 Å². The third kappa shape index (κ3) is 4.21. The number of aromatic nitrogens is 5. The van der Waals surface area contributed by atoms with Crippen LogP contribution in [-0.2, 0) is 20.0 Å². The zero-order chi connectivity index (χ0) is 22.1. The first-order valence-electron chi connectivity index (χ1n) is 10.5. The molecule has 0 unspecified atom stereocenters. The Balaban J connectivity index is 1.61. The minimum Gasteiger partial charge on any atom is -0.349 e. The molecule has 3 aromatic heterocycles. The van der Waals surface area contributed by atoms with Crippen molar-refractivity contribution in [1.29, 1.82) is 0 Å². The Morgan fingerprint density at radius 2 is 1.94 bits per heavy atom. The first-order chi connectivity index (χ1) is 14.8. The predicted octanol–water partition coefficient (Wildman–Crippen LogP) is 3.50. The lowest BCUT2D eigenvalue weighted by Gasteiger charge is -2.16. The summed E-state index contributed by atoms with van der Waals surface area (Å²) in [6, 6.07) is 11.6. The maximum absolute atomic E-state index is 13.3. The number of para-hydroxylation sites is 1. The van der Waals surface area contributed by atoms with Gasteiger partial charge >= 0.3 is 0 Å². The molecule has 1 amide bonds. The van der Waals surface area contributed by atoms with Crippen LogP contribution in [0.1, 0.15) is 45.6 Å². The second-order valence-electron chi connectivity index (χ2n) is 8.16. The fourth-order valence-corrected chi connectivity index (χ4v) is 3.99. The van der Waals surface area contributed by atoms with Crippen molar-refractivity contribution in [2.45, 2.75) is 46.7 Å². The number of hydrogen-bond donors (Lipinski definition) is 1. The van der Waals surface area contributed by atoms with Crippen LogP contribution >= 0.6 is 0 Å². The highest BCUT2D eigenvalue weighted by molar-refractivity contribution is 6.06. The van der Waals surface area contributed by atoms with Gasteiger partial charge in [-0.05, 0) is 57.9 Å². The molecule has 4 rings (SSSR count). The number of carbonyl (C=O) groups excluding carboxylic acids is 1. The number of carbonyl (C=O) groups is 1. The summed E-state index contributed by atoms with van der Waals surface area (Å²) >= 11 is 0. The van der Waals surface area contributed by atoms with Gasteiger partial charge in [0.1, 0.15) is 0 Å². The lowest BCUT2D eigenvalue weighted by Crippen LogP contribution is -2.34. The third-order valence-corrected chi connectivity index (χ3v) is 5.80. The number of nitrogens with zero attached hydrogens (tertiary/aromatic N) is 5. The Bertz CT molecular complexity index is 1250. The van der Waals surface area contributed by atoms with Gasteiger partial charge in [-0.2, -0.15) is 10.2 Å². The highest BCUT2D eigenvalue weighted by atomic mass is 16.1. The van der Waals surface area contributed by atoms with Gasteiger partial charge in [0, 0.05) is 36.1 Å². The molecule has 4 aromatic rings. The van der Waals surface area contributed by atoms with E-state index in [0.717, 1.165) is 40.1 Å². The van der Waals surface area contributed by atoms with Crippen LogP contribution < -0.4 is 5.32 Å². The van der Waals surface area contributed by atoms with Crippen molar-refractivity contribution in [3.8, 4) is 0 Å². The molecule has 7 nitrogen and oxygen atoms in total. The smallest absolute Gasteiger partial charge is 0.252 e. The number of hydrogen-bond acceptors (Lipinski definition) is 4. The van der Waals surface area contributed by atoms with E-state index in [1.165, 1.54) is 5.56 Å². The highest BCUT2D eigenvalue weighted by Crippen LogP contribution is 2.20. The maximum Gasteiger partial charge on any atom is 0.252 e. The number of fused-ring (bicyclic) bond motifs is 1. The third-order valence-electron chi connectivity index (χ3n) is 5.80. The standard InChI is InChI=1S/C24H28N6O/c1-15(12-21-17(3)28-29(5)18(21)4)26-24(31)22-13-19(14-30-16(2)10-11-25-30)27-23-9-7-6-8-20(22)23/h6-11,13,15H,12,14H2,1-5H3,(H,26,31)/t15-/m1/s1.